The standard InChI is InChI=1S/C11H18N2.C10H17N3/c1-8(12)9-6-10(11(2,3)4)13(5)7-9;1-10(2,3)8-6-5-7(9(11)12)13(8)4/h6-7,12H,1-5H3;5-6H,1-4H3,(H3,11,12). The Labute approximate surface area is 158 Å². The predicted octanol–water partition coefficient (Wildman–Crippen LogP) is 4.32. The maximum atomic E-state index is 7.54. The number of amidine groups is 1. The number of nitrogens with one attached hydrogen (secondary N) is 2. The molecule has 0 amide bonds. The highest BCUT2D eigenvalue weighted by molar-refractivity contribution is 5.96. The SMILES string of the molecule is CC(=N)c1cc(C(C)(C)C)n(C)c1.Cn1c(C(=N)N)ccc1C(C)(C)C. The van der Waals surface area contributed by atoms with E-state index in [9.17, 15) is 0 Å². The van der Waals surface area contributed by atoms with Crippen molar-refractivity contribution in [3.8, 4) is 0 Å². The second-order valence-corrected chi connectivity index (χ2v) is 8.93. The van der Waals surface area contributed by atoms with Crippen LogP contribution >= 0.6 is 0 Å². The normalized spacial score (nSPS) is 11.7. The van der Waals surface area contributed by atoms with Gasteiger partial charge >= 0.3 is 0 Å². The molecule has 5 nitrogen and oxygen atoms in total. The summed E-state index contributed by atoms with van der Waals surface area (Å²) in [6, 6.07) is 6.02. The Morgan fingerprint density at radius 1 is 0.923 bits per heavy atom. The fraction of sp³-hybridized carbons (Fsp3) is 0.524. The van der Waals surface area contributed by atoms with Gasteiger partial charge in [-0.05, 0) is 25.1 Å². The van der Waals surface area contributed by atoms with Crippen molar-refractivity contribution in [3.05, 3.63) is 47.0 Å². The van der Waals surface area contributed by atoms with Gasteiger partial charge in [-0.25, -0.2) is 0 Å². The van der Waals surface area contributed by atoms with Crippen molar-refractivity contribution < 1.29 is 0 Å². The van der Waals surface area contributed by atoms with Crippen molar-refractivity contribution in [1.82, 2.24) is 9.13 Å². The maximum absolute atomic E-state index is 7.54. The molecule has 2 aromatic rings. The Balaban J connectivity index is 0.000000260. The highest BCUT2D eigenvalue weighted by Crippen LogP contribution is 2.24. The zero-order valence-electron chi connectivity index (χ0n) is 17.8. The van der Waals surface area contributed by atoms with Gasteiger partial charge in [0.25, 0.3) is 0 Å². The van der Waals surface area contributed by atoms with Crippen LogP contribution in [0, 0.1) is 10.8 Å². The lowest BCUT2D eigenvalue weighted by Crippen LogP contribution is -2.20. The molecular formula is C21H35N5. The second kappa shape index (κ2) is 7.52. The molecule has 0 saturated carbocycles. The van der Waals surface area contributed by atoms with Crippen LogP contribution in [-0.2, 0) is 24.9 Å². The molecule has 2 aromatic heterocycles. The zero-order chi connectivity index (χ0) is 20.4. The summed E-state index contributed by atoms with van der Waals surface area (Å²) in [5, 5.41) is 14.9. The van der Waals surface area contributed by atoms with E-state index < -0.39 is 0 Å². The summed E-state index contributed by atoms with van der Waals surface area (Å²) < 4.78 is 4.08. The molecule has 2 heterocycles. The molecule has 0 aliphatic heterocycles. The average Bonchev–Trinajstić information content (AvgIpc) is 3.01. The Morgan fingerprint density at radius 3 is 1.65 bits per heavy atom. The summed E-state index contributed by atoms with van der Waals surface area (Å²) in [4.78, 5) is 0. The number of aromatic nitrogens is 2. The molecule has 0 unspecified atom stereocenters. The van der Waals surface area contributed by atoms with Gasteiger partial charge in [0.1, 0.15) is 5.84 Å². The molecule has 0 radical (unpaired) electrons. The Bertz CT molecular complexity index is 779. The molecule has 0 atom stereocenters. The topological polar surface area (TPSA) is 83.6 Å². The van der Waals surface area contributed by atoms with E-state index in [2.05, 4.69) is 52.2 Å². The number of rotatable bonds is 2. The lowest BCUT2D eigenvalue weighted by atomic mass is 9.92. The summed E-state index contributed by atoms with van der Waals surface area (Å²) in [7, 11) is 3.98. The first-order valence-electron chi connectivity index (χ1n) is 8.89. The van der Waals surface area contributed by atoms with Crippen molar-refractivity contribution in [3.63, 3.8) is 0 Å². The maximum Gasteiger partial charge on any atom is 0.139 e. The van der Waals surface area contributed by atoms with E-state index in [0.29, 0.717) is 5.71 Å². The van der Waals surface area contributed by atoms with Gasteiger partial charge in [0.15, 0.2) is 0 Å². The molecule has 0 spiro atoms. The van der Waals surface area contributed by atoms with E-state index in [1.54, 1.807) is 0 Å². The van der Waals surface area contributed by atoms with E-state index in [0.717, 1.165) is 11.3 Å². The third-order valence-corrected chi connectivity index (χ3v) is 4.37. The quantitative estimate of drug-likeness (QED) is 0.543. The third kappa shape index (κ3) is 5.10. The predicted molar refractivity (Wildman–Crippen MR) is 112 cm³/mol. The van der Waals surface area contributed by atoms with Gasteiger partial charge in [0, 0.05) is 53.8 Å². The van der Waals surface area contributed by atoms with Crippen LogP contribution in [0.1, 0.15) is 71.1 Å². The molecule has 0 saturated heterocycles. The Hall–Kier alpha value is -2.30. The molecule has 4 N–H and O–H groups in total. The van der Waals surface area contributed by atoms with Crippen molar-refractivity contribution in [1.29, 1.82) is 10.8 Å². The van der Waals surface area contributed by atoms with Gasteiger partial charge in [-0.3, -0.25) is 5.41 Å². The molecule has 0 bridgehead atoms. The highest BCUT2D eigenvalue weighted by atomic mass is 15.0. The van der Waals surface area contributed by atoms with Crippen LogP contribution in [0.4, 0.5) is 0 Å². The van der Waals surface area contributed by atoms with Gasteiger partial charge < -0.3 is 20.3 Å². The lowest BCUT2D eigenvalue weighted by molar-refractivity contribution is 0.542. The van der Waals surface area contributed by atoms with E-state index in [1.165, 1.54) is 11.4 Å². The summed E-state index contributed by atoms with van der Waals surface area (Å²) in [6.45, 7) is 14.8. The van der Waals surface area contributed by atoms with E-state index >= 15 is 0 Å². The van der Waals surface area contributed by atoms with Crippen molar-refractivity contribution in [2.45, 2.75) is 59.3 Å². The first-order chi connectivity index (χ1) is 11.7. The van der Waals surface area contributed by atoms with Gasteiger partial charge in [0.05, 0.1) is 5.69 Å². The van der Waals surface area contributed by atoms with Crippen molar-refractivity contribution >= 4 is 11.5 Å². The van der Waals surface area contributed by atoms with Crippen LogP contribution in [0.5, 0.6) is 0 Å². The molecule has 5 heteroatoms. The third-order valence-electron chi connectivity index (χ3n) is 4.37. The number of nitrogens with two attached hydrogens (primary N) is 1. The van der Waals surface area contributed by atoms with Crippen LogP contribution < -0.4 is 5.73 Å². The van der Waals surface area contributed by atoms with Crippen LogP contribution in [0.2, 0.25) is 0 Å². The average molecular weight is 358 g/mol. The van der Waals surface area contributed by atoms with E-state index in [1.807, 2.05) is 43.9 Å². The van der Waals surface area contributed by atoms with Crippen molar-refractivity contribution in [2.75, 3.05) is 0 Å². The van der Waals surface area contributed by atoms with Gasteiger partial charge in [-0.1, -0.05) is 41.5 Å². The molecule has 26 heavy (non-hydrogen) atoms. The number of nitrogen functional groups attached to an aromatic ring is 1. The highest BCUT2D eigenvalue weighted by Gasteiger charge is 2.19. The minimum Gasteiger partial charge on any atom is -0.382 e. The molecule has 0 aliphatic carbocycles. The van der Waals surface area contributed by atoms with Crippen LogP contribution in [0.15, 0.2) is 24.4 Å². The fourth-order valence-corrected chi connectivity index (χ4v) is 3.05. The van der Waals surface area contributed by atoms with Crippen LogP contribution in [-0.4, -0.2) is 20.7 Å². The summed E-state index contributed by atoms with van der Waals surface area (Å²) in [5.41, 5.74) is 10.6. The smallest absolute Gasteiger partial charge is 0.139 e. The number of nitrogens with zero attached hydrogens (tertiary/aromatic N) is 2. The monoisotopic (exact) mass is 357 g/mol. The Kier molecular flexibility index (Phi) is 6.29. The Morgan fingerprint density at radius 2 is 1.42 bits per heavy atom. The first kappa shape index (κ1) is 21.7. The molecule has 2 rings (SSSR count). The van der Waals surface area contributed by atoms with E-state index in [4.69, 9.17) is 16.6 Å². The minimum atomic E-state index is 0.0997. The molecular weight excluding hydrogens is 322 g/mol. The van der Waals surface area contributed by atoms with E-state index in [-0.39, 0.29) is 16.7 Å². The molecule has 0 aliphatic rings. The number of aryl methyl sites for hydroxylation is 1. The number of hydrogen-bond donors (Lipinski definition) is 3. The summed E-state index contributed by atoms with van der Waals surface area (Å²) in [6.07, 6.45) is 2.02. The number of hydrogen-bond acceptors (Lipinski definition) is 2. The van der Waals surface area contributed by atoms with Gasteiger partial charge in [-0.2, -0.15) is 0 Å². The minimum absolute atomic E-state index is 0.0997. The molecule has 0 aromatic carbocycles. The largest absolute Gasteiger partial charge is 0.382 e. The van der Waals surface area contributed by atoms with Gasteiger partial charge in [-0.15, -0.1) is 0 Å². The van der Waals surface area contributed by atoms with Crippen molar-refractivity contribution in [2.24, 2.45) is 19.8 Å². The summed E-state index contributed by atoms with van der Waals surface area (Å²) in [5.74, 6) is 0.123. The first-order valence-corrected chi connectivity index (χ1v) is 8.89. The van der Waals surface area contributed by atoms with Crippen LogP contribution in [0.25, 0.3) is 0 Å². The second-order valence-electron chi connectivity index (χ2n) is 8.93. The lowest BCUT2D eigenvalue weighted by Gasteiger charge is -2.20. The van der Waals surface area contributed by atoms with Crippen LogP contribution in [0.3, 0.4) is 0 Å². The van der Waals surface area contributed by atoms with Gasteiger partial charge in [0.2, 0.25) is 0 Å². The zero-order valence-corrected chi connectivity index (χ0v) is 17.8. The molecule has 0 fully saturated rings. The summed E-state index contributed by atoms with van der Waals surface area (Å²) >= 11 is 0. The fourth-order valence-electron chi connectivity index (χ4n) is 3.05. The molecule has 144 valence electrons.